The summed E-state index contributed by atoms with van der Waals surface area (Å²) in [6.07, 6.45) is 0.919. The summed E-state index contributed by atoms with van der Waals surface area (Å²) in [5.41, 5.74) is 1.75. The molecule has 0 aliphatic carbocycles. The first-order chi connectivity index (χ1) is 22.6. The van der Waals surface area contributed by atoms with Crippen molar-refractivity contribution in [2.75, 3.05) is 25.1 Å². The van der Waals surface area contributed by atoms with E-state index >= 15 is 0 Å². The minimum Gasteiger partial charge on any atom is -0.497 e. The minimum absolute atomic E-state index is 0.00696. The van der Waals surface area contributed by atoms with Crippen molar-refractivity contribution in [3.05, 3.63) is 119 Å². The Morgan fingerprint density at radius 2 is 1.49 bits per heavy atom. The molecule has 2 atom stereocenters. The summed E-state index contributed by atoms with van der Waals surface area (Å²) in [5, 5.41) is 3.05. The van der Waals surface area contributed by atoms with Gasteiger partial charge in [0.1, 0.15) is 24.1 Å². The number of anilines is 1. The van der Waals surface area contributed by atoms with E-state index in [1.807, 2.05) is 68.4 Å². The Morgan fingerprint density at radius 3 is 2.09 bits per heavy atom. The van der Waals surface area contributed by atoms with Crippen molar-refractivity contribution in [1.82, 2.24) is 10.2 Å². The van der Waals surface area contributed by atoms with Crippen LogP contribution in [0.1, 0.15) is 31.4 Å². The topological polar surface area (TPSA) is 105 Å². The number of ether oxygens (including phenoxy) is 2. The molecular formula is C36H40BrN3O6S. The summed E-state index contributed by atoms with van der Waals surface area (Å²) in [7, 11) is -1.41. The highest BCUT2D eigenvalue weighted by Gasteiger charge is 2.36. The highest BCUT2D eigenvalue weighted by atomic mass is 79.9. The van der Waals surface area contributed by atoms with Gasteiger partial charge in [-0.05, 0) is 60.9 Å². The lowest BCUT2D eigenvalue weighted by Crippen LogP contribution is -2.54. The van der Waals surface area contributed by atoms with Crippen molar-refractivity contribution < 1.29 is 27.5 Å². The molecule has 47 heavy (non-hydrogen) atoms. The molecule has 0 fully saturated rings. The van der Waals surface area contributed by atoms with Crippen LogP contribution in [0.15, 0.2) is 112 Å². The van der Waals surface area contributed by atoms with E-state index in [0.29, 0.717) is 12.2 Å². The van der Waals surface area contributed by atoms with E-state index in [1.165, 1.54) is 37.3 Å². The van der Waals surface area contributed by atoms with E-state index in [0.717, 1.165) is 19.9 Å². The highest BCUT2D eigenvalue weighted by molar-refractivity contribution is 9.10. The van der Waals surface area contributed by atoms with Crippen LogP contribution >= 0.6 is 15.9 Å². The van der Waals surface area contributed by atoms with Gasteiger partial charge in [0, 0.05) is 29.5 Å². The Morgan fingerprint density at radius 1 is 0.851 bits per heavy atom. The van der Waals surface area contributed by atoms with Crippen LogP contribution in [-0.2, 0) is 32.6 Å². The fourth-order valence-electron chi connectivity index (χ4n) is 5.01. The lowest BCUT2D eigenvalue weighted by Gasteiger charge is -2.34. The van der Waals surface area contributed by atoms with Crippen LogP contribution < -0.4 is 19.1 Å². The molecular weight excluding hydrogens is 682 g/mol. The van der Waals surface area contributed by atoms with E-state index in [9.17, 15) is 18.0 Å². The second-order valence-corrected chi connectivity index (χ2v) is 13.8. The number of carbonyl (C=O) groups excluding carboxylic acids is 2. The number of carbonyl (C=O) groups is 2. The molecule has 4 aromatic carbocycles. The number of amides is 2. The van der Waals surface area contributed by atoms with Crippen molar-refractivity contribution in [2.45, 2.75) is 50.2 Å². The molecule has 0 spiro atoms. The fraction of sp³-hybridized carbons (Fsp3) is 0.278. The van der Waals surface area contributed by atoms with Gasteiger partial charge in [0.2, 0.25) is 11.8 Å². The van der Waals surface area contributed by atoms with Crippen LogP contribution in [0, 0.1) is 0 Å². The Hall–Kier alpha value is -4.35. The predicted octanol–water partition coefficient (Wildman–Crippen LogP) is 6.22. The zero-order valence-electron chi connectivity index (χ0n) is 26.9. The summed E-state index contributed by atoms with van der Waals surface area (Å²) < 4.78 is 41.5. The van der Waals surface area contributed by atoms with Gasteiger partial charge in [-0.1, -0.05) is 83.5 Å². The quantitative estimate of drug-likeness (QED) is 0.156. The number of hydrogen-bond acceptors (Lipinski definition) is 6. The van der Waals surface area contributed by atoms with Crippen molar-refractivity contribution in [1.29, 1.82) is 0 Å². The Balaban J connectivity index is 1.86. The third-order valence-electron chi connectivity index (χ3n) is 7.80. The van der Waals surface area contributed by atoms with Crippen molar-refractivity contribution in [3.63, 3.8) is 0 Å². The molecule has 0 heterocycles. The first-order valence-electron chi connectivity index (χ1n) is 15.2. The third kappa shape index (κ3) is 9.14. The normalized spacial score (nSPS) is 12.4. The SMILES string of the molecule is CC[C@H](C)NC(=O)[C@H](Cc1ccccc1)N(Cc1ccc(Br)cc1)C(=O)CN(c1cc(OC)ccc1OC)S(=O)(=O)c1ccccc1. The molecule has 0 saturated heterocycles. The van der Waals surface area contributed by atoms with E-state index in [-0.39, 0.29) is 41.2 Å². The van der Waals surface area contributed by atoms with E-state index in [4.69, 9.17) is 9.47 Å². The first-order valence-corrected chi connectivity index (χ1v) is 17.5. The molecule has 4 rings (SSSR count). The Kier molecular flexibility index (Phi) is 12.4. The van der Waals surface area contributed by atoms with Gasteiger partial charge >= 0.3 is 0 Å². The van der Waals surface area contributed by atoms with E-state index < -0.39 is 28.5 Å². The van der Waals surface area contributed by atoms with Gasteiger partial charge in [0.05, 0.1) is 24.8 Å². The molecule has 0 radical (unpaired) electrons. The molecule has 1 N–H and O–H groups in total. The molecule has 0 saturated carbocycles. The van der Waals surface area contributed by atoms with Gasteiger partial charge in [-0.15, -0.1) is 0 Å². The Labute approximate surface area is 285 Å². The molecule has 248 valence electrons. The van der Waals surface area contributed by atoms with Crippen LogP contribution in [0.4, 0.5) is 5.69 Å². The number of methoxy groups -OCH3 is 2. The predicted molar refractivity (Wildman–Crippen MR) is 187 cm³/mol. The van der Waals surface area contributed by atoms with Crippen LogP contribution in [0.3, 0.4) is 0 Å². The van der Waals surface area contributed by atoms with Gasteiger partial charge in [0.25, 0.3) is 10.0 Å². The molecule has 0 unspecified atom stereocenters. The maximum absolute atomic E-state index is 14.7. The van der Waals surface area contributed by atoms with Gasteiger partial charge in [-0.25, -0.2) is 8.42 Å². The molecule has 0 aliphatic heterocycles. The number of halogens is 1. The van der Waals surface area contributed by atoms with E-state index in [2.05, 4.69) is 21.2 Å². The van der Waals surface area contributed by atoms with Crippen molar-refractivity contribution >= 4 is 43.5 Å². The average molecular weight is 723 g/mol. The molecule has 11 heteroatoms. The summed E-state index contributed by atoms with van der Waals surface area (Å²) in [5.74, 6) is -0.293. The maximum Gasteiger partial charge on any atom is 0.264 e. The van der Waals surface area contributed by atoms with Gasteiger partial charge in [0.15, 0.2) is 0 Å². The molecule has 2 amide bonds. The molecule has 0 bridgehead atoms. The fourth-order valence-corrected chi connectivity index (χ4v) is 6.71. The average Bonchev–Trinajstić information content (AvgIpc) is 3.09. The third-order valence-corrected chi connectivity index (χ3v) is 10.1. The van der Waals surface area contributed by atoms with E-state index in [1.54, 1.807) is 30.3 Å². The van der Waals surface area contributed by atoms with Crippen LogP contribution in [0.5, 0.6) is 11.5 Å². The van der Waals surface area contributed by atoms with Gasteiger partial charge in [-0.3, -0.25) is 13.9 Å². The molecule has 0 aliphatic rings. The van der Waals surface area contributed by atoms with Crippen LogP contribution in [-0.4, -0.2) is 58.0 Å². The second-order valence-electron chi connectivity index (χ2n) is 11.0. The lowest BCUT2D eigenvalue weighted by molar-refractivity contribution is -0.140. The number of nitrogens with zero attached hydrogens (tertiary/aromatic N) is 2. The summed E-state index contributed by atoms with van der Waals surface area (Å²) in [6, 6.07) is 28.4. The maximum atomic E-state index is 14.7. The lowest BCUT2D eigenvalue weighted by atomic mass is 10.0. The van der Waals surface area contributed by atoms with Crippen molar-refractivity contribution in [2.24, 2.45) is 0 Å². The number of hydrogen-bond donors (Lipinski definition) is 1. The molecule has 9 nitrogen and oxygen atoms in total. The Bertz CT molecular complexity index is 1740. The van der Waals surface area contributed by atoms with Gasteiger partial charge in [-0.2, -0.15) is 0 Å². The summed E-state index contributed by atoms with van der Waals surface area (Å²) >= 11 is 3.46. The van der Waals surface area contributed by atoms with Crippen LogP contribution in [0.2, 0.25) is 0 Å². The molecule has 4 aromatic rings. The number of benzene rings is 4. The molecule has 0 aromatic heterocycles. The largest absolute Gasteiger partial charge is 0.497 e. The first kappa shape index (κ1) is 35.5. The minimum atomic E-state index is -4.30. The number of rotatable bonds is 15. The second kappa shape index (κ2) is 16.5. The zero-order valence-corrected chi connectivity index (χ0v) is 29.3. The summed E-state index contributed by atoms with van der Waals surface area (Å²) in [4.78, 5) is 30.1. The van der Waals surface area contributed by atoms with Crippen LogP contribution in [0.25, 0.3) is 0 Å². The summed E-state index contributed by atoms with van der Waals surface area (Å²) in [6.45, 7) is 3.32. The number of sulfonamides is 1. The monoisotopic (exact) mass is 721 g/mol. The number of nitrogens with one attached hydrogen (secondary N) is 1. The standard InChI is InChI=1S/C36H40BrN3O6S/c1-5-26(2)38-36(42)33(22-27-12-8-6-9-13-27)39(24-28-16-18-29(37)19-17-28)35(41)25-40(47(43,44)31-14-10-7-11-15-31)32-23-30(45-3)20-21-34(32)46-4/h6-21,23,26,33H,5,22,24-25H2,1-4H3,(H,38,42)/t26-,33-/m0/s1. The highest BCUT2D eigenvalue weighted by Crippen LogP contribution is 2.36. The zero-order chi connectivity index (χ0) is 34.0. The van der Waals surface area contributed by atoms with Crippen molar-refractivity contribution in [3.8, 4) is 11.5 Å². The smallest absolute Gasteiger partial charge is 0.264 e. The van der Waals surface area contributed by atoms with Gasteiger partial charge < -0.3 is 19.7 Å².